The lowest BCUT2D eigenvalue weighted by molar-refractivity contribution is -0.121. The molecule has 1 saturated carbocycles. The highest BCUT2D eigenvalue weighted by molar-refractivity contribution is 5.77. The predicted molar refractivity (Wildman–Crippen MR) is 30.8 cm³/mol. The zero-order valence-electron chi connectivity index (χ0n) is 4.76. The van der Waals surface area contributed by atoms with E-state index in [0.717, 1.165) is 19.3 Å². The van der Waals surface area contributed by atoms with Crippen molar-refractivity contribution in [3.63, 3.8) is 0 Å². The maximum Gasteiger partial charge on any atom is 0.225 e. The molecule has 0 aromatic heterocycles. The van der Waals surface area contributed by atoms with E-state index in [0.29, 0.717) is 0 Å². The Balaban J connectivity index is 2.35. The monoisotopic (exact) mass is 112 g/mol. The molecule has 1 atom stereocenters. The number of amides is 1. The molecule has 2 N–H and O–H groups in total. The third-order valence-electron chi connectivity index (χ3n) is 1.57. The van der Waals surface area contributed by atoms with Gasteiger partial charge in [0.2, 0.25) is 5.91 Å². The van der Waals surface area contributed by atoms with Crippen LogP contribution in [0.4, 0.5) is 0 Å². The van der Waals surface area contributed by atoms with E-state index in [2.05, 4.69) is 6.42 Å². The fourth-order valence-electron chi connectivity index (χ4n) is 1.01. The van der Waals surface area contributed by atoms with Gasteiger partial charge < -0.3 is 5.73 Å². The van der Waals surface area contributed by atoms with Gasteiger partial charge in [-0.3, -0.25) is 4.79 Å². The first-order valence-electron chi connectivity index (χ1n) is 2.91. The summed E-state index contributed by atoms with van der Waals surface area (Å²) in [6.07, 6.45) is 5.05. The van der Waals surface area contributed by atoms with Crippen molar-refractivity contribution in [3.8, 4) is 0 Å². The quantitative estimate of drug-likeness (QED) is 0.492. The minimum absolute atomic E-state index is 0.140. The summed E-state index contributed by atoms with van der Waals surface area (Å²) in [7, 11) is 0. The van der Waals surface area contributed by atoms with Crippen molar-refractivity contribution in [2.24, 2.45) is 11.7 Å². The molecule has 1 amide bonds. The third-order valence-corrected chi connectivity index (χ3v) is 1.57. The molecule has 1 rings (SSSR count). The summed E-state index contributed by atoms with van der Waals surface area (Å²) < 4.78 is 0. The highest BCUT2D eigenvalue weighted by Gasteiger charge is 2.26. The van der Waals surface area contributed by atoms with Gasteiger partial charge in [0.1, 0.15) is 0 Å². The molecule has 0 saturated heterocycles. The summed E-state index contributed by atoms with van der Waals surface area (Å²) in [5.41, 5.74) is 5.04. The molecule has 0 radical (unpaired) electrons. The molecule has 2 nitrogen and oxygen atoms in total. The number of primary amides is 1. The van der Waals surface area contributed by atoms with Crippen LogP contribution in [0.5, 0.6) is 0 Å². The van der Waals surface area contributed by atoms with Crippen LogP contribution in [0.15, 0.2) is 0 Å². The lowest BCUT2D eigenvalue weighted by atomic mass is 10.1. The summed E-state index contributed by atoms with van der Waals surface area (Å²) in [4.78, 5) is 10.4. The van der Waals surface area contributed by atoms with Gasteiger partial charge >= 0.3 is 0 Å². The van der Waals surface area contributed by atoms with Crippen molar-refractivity contribution < 1.29 is 4.79 Å². The number of rotatable bonds is 1. The van der Waals surface area contributed by atoms with Crippen LogP contribution in [-0.2, 0) is 4.79 Å². The van der Waals surface area contributed by atoms with Gasteiger partial charge in [-0.25, -0.2) is 0 Å². The number of nitrogens with two attached hydrogens (primary N) is 1. The van der Waals surface area contributed by atoms with E-state index in [1.54, 1.807) is 0 Å². The van der Waals surface area contributed by atoms with Gasteiger partial charge in [0.25, 0.3) is 0 Å². The molecule has 0 bridgehead atoms. The largest absolute Gasteiger partial charge is 0.369 e. The van der Waals surface area contributed by atoms with Crippen molar-refractivity contribution in [3.05, 3.63) is 6.42 Å². The van der Waals surface area contributed by atoms with Crippen LogP contribution < -0.4 is 5.73 Å². The highest BCUT2D eigenvalue weighted by Crippen LogP contribution is 2.22. The molecular formula is C6H10NO+. The van der Waals surface area contributed by atoms with Gasteiger partial charge in [-0.15, -0.1) is 0 Å². The van der Waals surface area contributed by atoms with Gasteiger partial charge in [-0.1, -0.05) is 0 Å². The van der Waals surface area contributed by atoms with E-state index < -0.39 is 0 Å². The van der Waals surface area contributed by atoms with Gasteiger partial charge in [-0.05, 0) is 0 Å². The second-order valence-electron chi connectivity index (χ2n) is 2.20. The normalized spacial score (nSPS) is 27.2. The number of carbonyl (C=O) groups excluding carboxylic acids is 1. The Morgan fingerprint density at radius 2 is 2.50 bits per heavy atom. The SMILES string of the molecule is NC(=O)[C@H]1C[CH+]CC1. The summed E-state index contributed by atoms with van der Waals surface area (Å²) in [5, 5.41) is 0. The van der Waals surface area contributed by atoms with Gasteiger partial charge in [0.05, 0.1) is 25.2 Å². The molecule has 8 heavy (non-hydrogen) atoms. The standard InChI is InChI=1S/C6H9NO/c7-6(8)5-3-1-2-4-5/h1,5H,2-4H2,(H-,7,8)/p+1/t5-/m0/s1. The lowest BCUT2D eigenvalue weighted by Crippen LogP contribution is -2.19. The first kappa shape index (κ1) is 5.48. The second-order valence-corrected chi connectivity index (χ2v) is 2.20. The summed E-state index contributed by atoms with van der Waals surface area (Å²) >= 11 is 0. The molecule has 0 unspecified atom stereocenters. The Morgan fingerprint density at radius 3 is 2.75 bits per heavy atom. The van der Waals surface area contributed by atoms with Crippen molar-refractivity contribution in [1.82, 2.24) is 0 Å². The molecule has 0 aromatic rings. The fourth-order valence-corrected chi connectivity index (χ4v) is 1.01. The third kappa shape index (κ3) is 0.941. The van der Waals surface area contributed by atoms with Crippen LogP contribution in [0.25, 0.3) is 0 Å². The maximum absolute atomic E-state index is 10.4. The molecule has 0 heterocycles. The van der Waals surface area contributed by atoms with E-state index >= 15 is 0 Å². The molecule has 1 aliphatic carbocycles. The number of hydrogen-bond donors (Lipinski definition) is 1. The minimum atomic E-state index is -0.140. The molecule has 0 spiro atoms. The van der Waals surface area contributed by atoms with Crippen molar-refractivity contribution in [2.45, 2.75) is 19.3 Å². The van der Waals surface area contributed by atoms with E-state index in [4.69, 9.17) is 5.73 Å². The van der Waals surface area contributed by atoms with E-state index in [1.165, 1.54) is 0 Å². The molecule has 0 aromatic carbocycles. The Kier molecular flexibility index (Phi) is 1.42. The topological polar surface area (TPSA) is 43.1 Å². The van der Waals surface area contributed by atoms with Crippen LogP contribution >= 0.6 is 0 Å². The van der Waals surface area contributed by atoms with Crippen LogP contribution in [-0.4, -0.2) is 5.91 Å². The van der Waals surface area contributed by atoms with Crippen molar-refractivity contribution in [1.29, 1.82) is 0 Å². The Morgan fingerprint density at radius 1 is 1.75 bits per heavy atom. The zero-order chi connectivity index (χ0) is 5.98. The van der Waals surface area contributed by atoms with Crippen molar-refractivity contribution >= 4 is 5.91 Å². The number of hydrogen-bond acceptors (Lipinski definition) is 1. The summed E-state index contributed by atoms with van der Waals surface area (Å²) in [6.45, 7) is 0. The average Bonchev–Trinajstić information content (AvgIpc) is 2.12. The molecular weight excluding hydrogens is 102 g/mol. The summed E-state index contributed by atoms with van der Waals surface area (Å²) in [5.74, 6) is 0.00810. The second kappa shape index (κ2) is 2.07. The number of carbonyl (C=O) groups is 1. The minimum Gasteiger partial charge on any atom is -0.369 e. The van der Waals surface area contributed by atoms with Crippen LogP contribution in [0.1, 0.15) is 19.3 Å². The zero-order valence-corrected chi connectivity index (χ0v) is 4.76. The van der Waals surface area contributed by atoms with E-state index in [-0.39, 0.29) is 11.8 Å². The van der Waals surface area contributed by atoms with Crippen LogP contribution in [0.3, 0.4) is 0 Å². The van der Waals surface area contributed by atoms with Crippen LogP contribution in [0.2, 0.25) is 0 Å². The molecule has 2 heteroatoms. The molecule has 1 fully saturated rings. The summed E-state index contributed by atoms with van der Waals surface area (Å²) in [6, 6.07) is 0. The van der Waals surface area contributed by atoms with Crippen molar-refractivity contribution in [2.75, 3.05) is 0 Å². The molecule has 44 valence electrons. The Bertz CT molecular complexity index is 94.7. The predicted octanol–water partition coefficient (Wildman–Crippen LogP) is 0.476. The average molecular weight is 112 g/mol. The fraction of sp³-hybridized carbons (Fsp3) is 0.667. The maximum atomic E-state index is 10.4. The van der Waals surface area contributed by atoms with Gasteiger partial charge in [0, 0.05) is 6.42 Å². The smallest absolute Gasteiger partial charge is 0.225 e. The van der Waals surface area contributed by atoms with Gasteiger partial charge in [-0.2, -0.15) is 0 Å². The Labute approximate surface area is 49.1 Å². The first-order valence-corrected chi connectivity index (χ1v) is 2.91. The lowest BCUT2D eigenvalue weighted by Gasteiger charge is -1.94. The van der Waals surface area contributed by atoms with Crippen LogP contribution in [0, 0.1) is 12.3 Å². The van der Waals surface area contributed by atoms with Gasteiger partial charge in [0.15, 0.2) is 0 Å². The Hall–Kier alpha value is -0.660. The van der Waals surface area contributed by atoms with E-state index in [1.807, 2.05) is 0 Å². The molecule has 0 aliphatic heterocycles. The molecule has 1 aliphatic rings. The first-order chi connectivity index (χ1) is 3.80. The van der Waals surface area contributed by atoms with E-state index in [9.17, 15) is 4.79 Å². The highest BCUT2D eigenvalue weighted by atomic mass is 16.1.